The third kappa shape index (κ3) is 3.32. The van der Waals surface area contributed by atoms with E-state index in [4.69, 9.17) is 11.6 Å². The zero-order valence-electron chi connectivity index (χ0n) is 12.7. The van der Waals surface area contributed by atoms with Gasteiger partial charge in [-0.3, -0.25) is 4.98 Å². The lowest BCUT2D eigenvalue weighted by molar-refractivity contribution is 0.345. The van der Waals surface area contributed by atoms with Crippen LogP contribution >= 0.6 is 11.6 Å². The largest absolute Gasteiger partial charge is 0.383 e. The molecule has 1 aromatic carbocycles. The summed E-state index contributed by atoms with van der Waals surface area (Å²) in [5, 5.41) is 5.49. The Kier molecular flexibility index (Phi) is 4.64. The van der Waals surface area contributed by atoms with Gasteiger partial charge < -0.3 is 5.32 Å². The molecular formula is C18H23ClN2. The summed E-state index contributed by atoms with van der Waals surface area (Å²) < 4.78 is 0. The number of rotatable bonds is 4. The van der Waals surface area contributed by atoms with Crippen molar-refractivity contribution in [2.45, 2.75) is 45.4 Å². The number of pyridine rings is 1. The number of halogens is 1. The van der Waals surface area contributed by atoms with Gasteiger partial charge in [0.05, 0.1) is 16.2 Å². The number of hydrogen-bond acceptors (Lipinski definition) is 2. The van der Waals surface area contributed by atoms with Crippen molar-refractivity contribution in [2.24, 2.45) is 5.92 Å². The highest BCUT2D eigenvalue weighted by atomic mass is 35.5. The second kappa shape index (κ2) is 6.65. The molecule has 3 rings (SSSR count). The molecule has 1 aromatic heterocycles. The number of anilines is 1. The van der Waals surface area contributed by atoms with Crippen LogP contribution in [-0.4, -0.2) is 11.5 Å². The highest BCUT2D eigenvalue weighted by molar-refractivity contribution is 6.35. The van der Waals surface area contributed by atoms with Crippen molar-refractivity contribution < 1.29 is 0 Å². The van der Waals surface area contributed by atoms with E-state index in [1.165, 1.54) is 38.5 Å². The zero-order valence-corrected chi connectivity index (χ0v) is 13.4. The monoisotopic (exact) mass is 302 g/mol. The molecule has 0 bridgehead atoms. The summed E-state index contributed by atoms with van der Waals surface area (Å²) in [5.41, 5.74) is 3.22. The molecule has 0 saturated heterocycles. The Morgan fingerprint density at radius 1 is 1.29 bits per heavy atom. The van der Waals surface area contributed by atoms with Crippen molar-refractivity contribution in [3.63, 3.8) is 0 Å². The molecule has 0 amide bonds. The van der Waals surface area contributed by atoms with Crippen LogP contribution in [0.4, 0.5) is 5.69 Å². The van der Waals surface area contributed by atoms with Gasteiger partial charge in [0.15, 0.2) is 0 Å². The van der Waals surface area contributed by atoms with E-state index >= 15 is 0 Å². The number of nitrogens with zero attached hydrogens (tertiary/aromatic N) is 1. The summed E-state index contributed by atoms with van der Waals surface area (Å²) in [6.07, 6.45) is 10.1. The van der Waals surface area contributed by atoms with E-state index in [2.05, 4.69) is 23.3 Å². The molecule has 2 aromatic rings. The van der Waals surface area contributed by atoms with Crippen LogP contribution in [0.2, 0.25) is 5.02 Å². The molecule has 112 valence electrons. The summed E-state index contributed by atoms with van der Waals surface area (Å²) in [4.78, 5) is 4.48. The standard InChI is InChI=1S/C18H23ClN2/c1-13-12-16(19)18(15-8-5-10-20-17(13)15)21-11-9-14-6-3-2-4-7-14/h5,8,10,12,14,21H,2-4,6-7,9,11H2,1H3. The van der Waals surface area contributed by atoms with Gasteiger partial charge in [0.25, 0.3) is 0 Å². The second-order valence-electron chi connectivity index (χ2n) is 6.17. The van der Waals surface area contributed by atoms with Gasteiger partial charge >= 0.3 is 0 Å². The van der Waals surface area contributed by atoms with Gasteiger partial charge in [-0.2, -0.15) is 0 Å². The molecule has 21 heavy (non-hydrogen) atoms. The van der Waals surface area contributed by atoms with Gasteiger partial charge in [-0.15, -0.1) is 0 Å². The summed E-state index contributed by atoms with van der Waals surface area (Å²) in [6, 6.07) is 6.09. The molecule has 0 radical (unpaired) electrons. The van der Waals surface area contributed by atoms with Crippen LogP contribution < -0.4 is 5.32 Å². The van der Waals surface area contributed by atoms with Crippen molar-refractivity contribution in [3.8, 4) is 0 Å². The second-order valence-corrected chi connectivity index (χ2v) is 6.58. The molecule has 0 unspecified atom stereocenters. The first-order valence-electron chi connectivity index (χ1n) is 8.03. The molecule has 1 heterocycles. The van der Waals surface area contributed by atoms with Gasteiger partial charge in [-0.05, 0) is 43.0 Å². The Bertz CT molecular complexity index is 618. The first-order chi connectivity index (χ1) is 10.3. The Morgan fingerprint density at radius 2 is 2.10 bits per heavy atom. The van der Waals surface area contributed by atoms with E-state index in [1.54, 1.807) is 0 Å². The normalized spacial score (nSPS) is 16.3. The fraction of sp³-hybridized carbons (Fsp3) is 0.500. The van der Waals surface area contributed by atoms with Crippen molar-refractivity contribution >= 4 is 28.2 Å². The maximum absolute atomic E-state index is 6.44. The van der Waals surface area contributed by atoms with E-state index < -0.39 is 0 Å². The maximum Gasteiger partial charge on any atom is 0.0752 e. The van der Waals surface area contributed by atoms with Gasteiger partial charge in [-0.25, -0.2) is 0 Å². The summed E-state index contributed by atoms with van der Waals surface area (Å²) in [5.74, 6) is 0.889. The molecule has 3 heteroatoms. The minimum absolute atomic E-state index is 0.802. The van der Waals surface area contributed by atoms with Crippen LogP contribution in [0.3, 0.4) is 0 Å². The fourth-order valence-corrected chi connectivity index (χ4v) is 3.77. The molecule has 1 aliphatic rings. The molecule has 0 aliphatic heterocycles. The van der Waals surface area contributed by atoms with Crippen molar-refractivity contribution in [1.82, 2.24) is 4.98 Å². The molecule has 0 atom stereocenters. The van der Waals surface area contributed by atoms with Crippen molar-refractivity contribution in [3.05, 3.63) is 35.0 Å². The van der Waals surface area contributed by atoms with Crippen LogP contribution in [0.1, 0.15) is 44.1 Å². The molecule has 1 saturated carbocycles. The lowest BCUT2D eigenvalue weighted by Gasteiger charge is -2.22. The smallest absolute Gasteiger partial charge is 0.0752 e. The Hall–Kier alpha value is -1.28. The average molecular weight is 303 g/mol. The Balaban J connectivity index is 1.74. The summed E-state index contributed by atoms with van der Waals surface area (Å²) >= 11 is 6.44. The number of aromatic nitrogens is 1. The number of aryl methyl sites for hydroxylation is 1. The van der Waals surface area contributed by atoms with Gasteiger partial charge in [0.2, 0.25) is 0 Å². The van der Waals surface area contributed by atoms with Crippen LogP contribution in [0.25, 0.3) is 10.9 Å². The number of nitrogens with one attached hydrogen (secondary N) is 1. The predicted octanol–water partition coefficient (Wildman–Crippen LogP) is 5.58. The van der Waals surface area contributed by atoms with E-state index in [0.29, 0.717) is 0 Å². The number of hydrogen-bond donors (Lipinski definition) is 1. The van der Waals surface area contributed by atoms with Crippen LogP contribution in [-0.2, 0) is 0 Å². The fourth-order valence-electron chi connectivity index (χ4n) is 3.44. The predicted molar refractivity (Wildman–Crippen MR) is 91.2 cm³/mol. The third-order valence-corrected chi connectivity index (χ3v) is 4.91. The van der Waals surface area contributed by atoms with Crippen molar-refractivity contribution in [2.75, 3.05) is 11.9 Å². The third-order valence-electron chi connectivity index (χ3n) is 4.61. The number of fused-ring (bicyclic) bond motifs is 1. The minimum Gasteiger partial charge on any atom is -0.383 e. The van der Waals surface area contributed by atoms with Crippen LogP contribution in [0.5, 0.6) is 0 Å². The first kappa shape index (κ1) is 14.6. The average Bonchev–Trinajstić information content (AvgIpc) is 2.51. The first-order valence-corrected chi connectivity index (χ1v) is 8.41. The Morgan fingerprint density at radius 3 is 2.90 bits per heavy atom. The highest BCUT2D eigenvalue weighted by Crippen LogP contribution is 2.33. The molecular weight excluding hydrogens is 280 g/mol. The van der Waals surface area contributed by atoms with Crippen molar-refractivity contribution in [1.29, 1.82) is 0 Å². The lowest BCUT2D eigenvalue weighted by atomic mass is 9.87. The van der Waals surface area contributed by atoms with Crippen LogP contribution in [0.15, 0.2) is 24.4 Å². The maximum atomic E-state index is 6.44. The molecule has 1 aliphatic carbocycles. The molecule has 1 N–H and O–H groups in total. The molecule has 2 nitrogen and oxygen atoms in total. The van der Waals surface area contributed by atoms with Crippen LogP contribution in [0, 0.1) is 12.8 Å². The topological polar surface area (TPSA) is 24.9 Å². The SMILES string of the molecule is Cc1cc(Cl)c(NCCC2CCCCC2)c2cccnc12. The number of benzene rings is 1. The molecule has 1 fully saturated rings. The van der Waals surface area contributed by atoms with E-state index in [9.17, 15) is 0 Å². The molecule has 0 spiro atoms. The lowest BCUT2D eigenvalue weighted by Crippen LogP contribution is -2.12. The highest BCUT2D eigenvalue weighted by Gasteiger charge is 2.14. The quantitative estimate of drug-likeness (QED) is 0.797. The summed E-state index contributed by atoms with van der Waals surface area (Å²) in [7, 11) is 0. The van der Waals surface area contributed by atoms with E-state index in [-0.39, 0.29) is 0 Å². The van der Waals surface area contributed by atoms with E-state index in [0.717, 1.165) is 39.6 Å². The van der Waals surface area contributed by atoms with Gasteiger partial charge in [-0.1, -0.05) is 43.7 Å². The van der Waals surface area contributed by atoms with E-state index in [1.807, 2.05) is 18.3 Å². The minimum atomic E-state index is 0.802. The zero-order chi connectivity index (χ0) is 14.7. The van der Waals surface area contributed by atoms with Gasteiger partial charge in [0.1, 0.15) is 0 Å². The summed E-state index contributed by atoms with van der Waals surface area (Å²) in [6.45, 7) is 3.06. The van der Waals surface area contributed by atoms with Gasteiger partial charge in [0, 0.05) is 18.1 Å². The Labute approximate surface area is 131 Å².